The molecule has 2 heterocycles. The van der Waals surface area contributed by atoms with Crippen LogP contribution in [0.15, 0.2) is 194 Å². The Kier molecular flexibility index (Phi) is 7.44. The van der Waals surface area contributed by atoms with E-state index in [9.17, 15) is 0 Å². The predicted octanol–water partition coefficient (Wildman–Crippen LogP) is 14.8. The number of hydrogen-bond acceptors (Lipinski definition) is 4. The van der Waals surface area contributed by atoms with Gasteiger partial charge < -0.3 is 4.74 Å². The minimum Gasteiger partial charge on any atom is -0.457 e. The molecule has 0 saturated heterocycles. The Balaban J connectivity index is 0.858. The van der Waals surface area contributed by atoms with Crippen LogP contribution in [-0.2, 0) is 10.8 Å². The zero-order valence-electron chi connectivity index (χ0n) is 36.5. The highest BCUT2D eigenvalue weighted by atomic mass is 16.5. The van der Waals surface area contributed by atoms with Gasteiger partial charge in [0, 0.05) is 27.8 Å². The molecule has 314 valence electrons. The van der Waals surface area contributed by atoms with Crippen LogP contribution < -0.4 is 4.74 Å². The molecule has 1 aromatic heterocycles. The van der Waals surface area contributed by atoms with Crippen molar-refractivity contribution in [3.8, 4) is 79.0 Å². The van der Waals surface area contributed by atoms with Gasteiger partial charge in [0.1, 0.15) is 11.5 Å². The van der Waals surface area contributed by atoms with Gasteiger partial charge in [-0.2, -0.15) is 0 Å². The Labute approximate surface area is 385 Å². The van der Waals surface area contributed by atoms with Crippen molar-refractivity contribution >= 4 is 0 Å². The second-order valence-corrected chi connectivity index (χ2v) is 20.1. The molecule has 2 atom stereocenters. The van der Waals surface area contributed by atoms with Crippen LogP contribution in [0.1, 0.15) is 59.9 Å². The summed E-state index contributed by atoms with van der Waals surface area (Å²) in [6.45, 7) is 0. The van der Waals surface area contributed by atoms with Crippen molar-refractivity contribution in [1.29, 1.82) is 0 Å². The standard InChI is InChI=1S/C62H45N3O/c1-2-12-38(13-3-1)40-14-10-16-43(30-40)58-63-57(39-24-27-45(28-25-39)60-35-47-33-46-34-48(36-60)61(46,47)37-60)64-59(65-58)44-17-11-15-41(31-44)42-26-29-50-49-18-4-5-19-51(49)62(54(50)32-42)52-20-6-8-22-55(52)66-56-23-9-7-21-53(56)62/h1-32,46-48H,33-37H2/t46?,47-,48-,60?,61?/m0/s1. The maximum atomic E-state index is 6.62. The highest BCUT2D eigenvalue weighted by molar-refractivity contribution is 5.90. The van der Waals surface area contributed by atoms with Crippen LogP contribution in [0.25, 0.3) is 67.5 Å². The topological polar surface area (TPSA) is 47.9 Å². The zero-order chi connectivity index (χ0) is 43.2. The first-order valence-corrected chi connectivity index (χ1v) is 23.8. The lowest BCUT2D eigenvalue weighted by Gasteiger charge is -2.66. The maximum absolute atomic E-state index is 6.62. The molecule has 4 nitrogen and oxygen atoms in total. The van der Waals surface area contributed by atoms with Gasteiger partial charge in [-0.05, 0) is 141 Å². The van der Waals surface area contributed by atoms with E-state index in [2.05, 4.69) is 194 Å². The summed E-state index contributed by atoms with van der Waals surface area (Å²) in [5.74, 6) is 6.73. The highest BCUT2D eigenvalue weighted by Gasteiger charge is 2.77. The monoisotopic (exact) mass is 847 g/mol. The molecule has 2 bridgehead atoms. The van der Waals surface area contributed by atoms with Crippen molar-refractivity contribution in [3.05, 3.63) is 222 Å². The van der Waals surface area contributed by atoms with Gasteiger partial charge in [-0.3, -0.25) is 0 Å². The van der Waals surface area contributed by atoms with E-state index in [1.165, 1.54) is 59.9 Å². The van der Waals surface area contributed by atoms with Crippen LogP contribution in [0.2, 0.25) is 0 Å². The number of nitrogens with zero attached hydrogens (tertiary/aromatic N) is 3. The van der Waals surface area contributed by atoms with Gasteiger partial charge in [-0.25, -0.2) is 15.0 Å². The second-order valence-electron chi connectivity index (χ2n) is 20.1. The molecule has 2 spiro atoms. The molecule has 0 N–H and O–H groups in total. The van der Waals surface area contributed by atoms with E-state index in [0.29, 0.717) is 28.3 Å². The van der Waals surface area contributed by atoms with Gasteiger partial charge >= 0.3 is 0 Å². The van der Waals surface area contributed by atoms with Gasteiger partial charge in [0.25, 0.3) is 0 Å². The van der Waals surface area contributed by atoms with Crippen molar-refractivity contribution < 1.29 is 4.74 Å². The smallest absolute Gasteiger partial charge is 0.164 e. The molecule has 8 aromatic carbocycles. The zero-order valence-corrected chi connectivity index (χ0v) is 36.5. The third-order valence-corrected chi connectivity index (χ3v) is 17.3. The first kappa shape index (κ1) is 36.9. The summed E-state index contributed by atoms with van der Waals surface area (Å²) in [6, 6.07) is 70.3. The minimum absolute atomic E-state index is 0.352. The molecule has 4 fully saturated rings. The Morgan fingerprint density at radius 2 is 0.879 bits per heavy atom. The number of benzene rings is 8. The summed E-state index contributed by atoms with van der Waals surface area (Å²) >= 11 is 0. The van der Waals surface area contributed by atoms with Crippen molar-refractivity contribution in [2.45, 2.75) is 42.9 Å². The van der Waals surface area contributed by atoms with Gasteiger partial charge in [0.2, 0.25) is 0 Å². The fourth-order valence-electron chi connectivity index (χ4n) is 14.5. The molecule has 66 heavy (non-hydrogen) atoms. The Hall–Kier alpha value is -7.43. The summed E-state index contributed by atoms with van der Waals surface area (Å²) in [5, 5.41) is 0. The molecule has 0 radical (unpaired) electrons. The number of rotatable bonds is 6. The van der Waals surface area contributed by atoms with Crippen LogP contribution in [0.5, 0.6) is 11.5 Å². The van der Waals surface area contributed by atoms with E-state index in [4.69, 9.17) is 19.7 Å². The van der Waals surface area contributed by atoms with E-state index < -0.39 is 5.41 Å². The van der Waals surface area contributed by atoms with Crippen molar-refractivity contribution in [3.63, 3.8) is 0 Å². The number of ether oxygens (including phenoxy) is 1. The summed E-state index contributed by atoms with van der Waals surface area (Å²) < 4.78 is 6.62. The van der Waals surface area contributed by atoms with Crippen LogP contribution >= 0.6 is 0 Å². The normalized spacial score (nSPS) is 23.7. The second kappa shape index (κ2) is 13.3. The molecule has 15 rings (SSSR count). The third kappa shape index (κ3) is 4.91. The van der Waals surface area contributed by atoms with Gasteiger partial charge in [-0.15, -0.1) is 0 Å². The predicted molar refractivity (Wildman–Crippen MR) is 262 cm³/mol. The highest BCUT2D eigenvalue weighted by Crippen LogP contribution is 2.84. The van der Waals surface area contributed by atoms with Crippen LogP contribution in [0, 0.1) is 23.2 Å². The number of para-hydroxylation sites is 2. The molecule has 0 unspecified atom stereocenters. The van der Waals surface area contributed by atoms with E-state index in [0.717, 1.165) is 79.3 Å². The van der Waals surface area contributed by atoms with Crippen molar-refractivity contribution in [1.82, 2.24) is 15.0 Å². The van der Waals surface area contributed by atoms with Crippen LogP contribution in [0.4, 0.5) is 0 Å². The molecule has 5 aliphatic carbocycles. The Bertz CT molecular complexity index is 3420. The molecule has 1 aliphatic heterocycles. The lowest BCUT2D eigenvalue weighted by Crippen LogP contribution is -2.59. The van der Waals surface area contributed by atoms with Crippen LogP contribution in [0.3, 0.4) is 0 Å². The first-order chi connectivity index (χ1) is 32.6. The summed E-state index contributed by atoms with van der Waals surface area (Å²) in [5.41, 5.74) is 16.9. The average molecular weight is 848 g/mol. The summed E-state index contributed by atoms with van der Waals surface area (Å²) in [4.78, 5) is 15.8. The summed E-state index contributed by atoms with van der Waals surface area (Å²) in [7, 11) is 0. The Morgan fingerprint density at radius 1 is 0.379 bits per heavy atom. The van der Waals surface area contributed by atoms with E-state index >= 15 is 0 Å². The van der Waals surface area contributed by atoms with E-state index in [-0.39, 0.29) is 0 Å². The van der Waals surface area contributed by atoms with Gasteiger partial charge in [-0.1, -0.05) is 164 Å². The molecule has 0 amide bonds. The van der Waals surface area contributed by atoms with Crippen LogP contribution in [-0.4, -0.2) is 15.0 Å². The molecule has 4 heteroatoms. The number of aromatic nitrogens is 3. The van der Waals surface area contributed by atoms with E-state index in [1.807, 2.05) is 0 Å². The largest absolute Gasteiger partial charge is 0.457 e. The van der Waals surface area contributed by atoms with Gasteiger partial charge in [0.15, 0.2) is 17.5 Å². The average Bonchev–Trinajstić information content (AvgIpc) is 3.98. The SMILES string of the molecule is c1ccc(-c2cccc(-c3nc(-c4ccc(C56C[C@@H]7CC8C[C@@H](C5)C87C6)cc4)nc(-c4cccc(-c5ccc6c(c5)C5(c7ccccc7Oc7ccccc75)c5ccccc5-6)c4)n3)c2)cc1. The van der Waals surface area contributed by atoms with Gasteiger partial charge in [0.05, 0.1) is 5.41 Å². The molecular weight excluding hydrogens is 803 g/mol. The quantitative estimate of drug-likeness (QED) is 0.167. The lowest BCUT2D eigenvalue weighted by molar-refractivity contribution is -0.175. The first-order valence-electron chi connectivity index (χ1n) is 23.8. The third-order valence-electron chi connectivity index (χ3n) is 17.3. The molecular formula is C62H45N3O. The van der Waals surface area contributed by atoms with Crippen molar-refractivity contribution in [2.24, 2.45) is 23.2 Å². The fourth-order valence-corrected chi connectivity index (χ4v) is 14.5. The lowest BCUT2D eigenvalue weighted by atomic mass is 9.38. The summed E-state index contributed by atoms with van der Waals surface area (Å²) in [6.07, 6.45) is 7.10. The number of fused-ring (bicyclic) bond motifs is 10. The number of hydrogen-bond donors (Lipinski definition) is 0. The molecule has 9 aromatic rings. The molecule has 4 saturated carbocycles. The minimum atomic E-state index is -0.538. The van der Waals surface area contributed by atoms with Crippen molar-refractivity contribution in [2.75, 3.05) is 0 Å². The Morgan fingerprint density at radius 3 is 1.52 bits per heavy atom. The molecule has 6 aliphatic rings. The fraction of sp³-hybridized carbons (Fsp3) is 0.177. The maximum Gasteiger partial charge on any atom is 0.164 e. The van der Waals surface area contributed by atoms with E-state index in [1.54, 1.807) is 0 Å².